The summed E-state index contributed by atoms with van der Waals surface area (Å²) >= 11 is 0. The van der Waals surface area contributed by atoms with Crippen LogP contribution in [0.4, 0.5) is 0 Å². The Labute approximate surface area is 152 Å². The monoisotopic (exact) mass is 356 g/mol. The van der Waals surface area contributed by atoms with E-state index in [0.29, 0.717) is 24.5 Å². The van der Waals surface area contributed by atoms with Crippen molar-refractivity contribution in [3.63, 3.8) is 0 Å². The van der Waals surface area contributed by atoms with Crippen LogP contribution in [-0.4, -0.2) is 43.0 Å². The van der Waals surface area contributed by atoms with Crippen molar-refractivity contribution >= 4 is 11.8 Å². The minimum Gasteiger partial charge on any atom is -0.351 e. The lowest BCUT2D eigenvalue weighted by molar-refractivity contribution is -0.119. The third kappa shape index (κ3) is 4.07. The van der Waals surface area contributed by atoms with E-state index in [2.05, 4.69) is 27.3 Å². The van der Waals surface area contributed by atoms with Crippen molar-refractivity contribution in [1.82, 2.24) is 30.0 Å². The van der Waals surface area contributed by atoms with E-state index in [1.165, 1.54) is 6.92 Å². The molecule has 0 saturated carbocycles. The molecule has 26 heavy (non-hydrogen) atoms. The Kier molecular flexibility index (Phi) is 5.60. The Hall–Kier alpha value is -2.77. The van der Waals surface area contributed by atoms with Gasteiger partial charge in [-0.2, -0.15) is 5.10 Å². The molecule has 0 spiro atoms. The third-order valence-electron chi connectivity index (χ3n) is 4.39. The highest BCUT2D eigenvalue weighted by atomic mass is 16.2. The number of aromatic nitrogens is 4. The minimum atomic E-state index is -0.113. The molecule has 1 atom stereocenters. The molecule has 2 amide bonds. The van der Waals surface area contributed by atoms with E-state index < -0.39 is 0 Å². The molecule has 1 aliphatic heterocycles. The largest absolute Gasteiger partial charge is 0.351 e. The van der Waals surface area contributed by atoms with E-state index in [9.17, 15) is 9.59 Å². The summed E-state index contributed by atoms with van der Waals surface area (Å²) in [6.07, 6.45) is 7.91. The summed E-state index contributed by atoms with van der Waals surface area (Å²) in [5.41, 5.74) is 1.91. The Bertz CT molecular complexity index is 787. The van der Waals surface area contributed by atoms with Gasteiger partial charge in [0.1, 0.15) is 5.69 Å². The maximum absolute atomic E-state index is 12.9. The number of likely N-dealkylation sites (tertiary alicyclic amines) is 1. The van der Waals surface area contributed by atoms with Crippen LogP contribution in [0.1, 0.15) is 61.0 Å². The van der Waals surface area contributed by atoms with Crippen LogP contribution in [0.25, 0.3) is 0 Å². The smallest absolute Gasteiger partial charge is 0.274 e. The van der Waals surface area contributed by atoms with Crippen molar-refractivity contribution in [3.05, 3.63) is 41.7 Å². The fourth-order valence-electron chi connectivity index (χ4n) is 3.18. The van der Waals surface area contributed by atoms with Crippen LogP contribution in [0.2, 0.25) is 0 Å². The zero-order valence-electron chi connectivity index (χ0n) is 15.2. The van der Waals surface area contributed by atoms with Crippen molar-refractivity contribution in [2.24, 2.45) is 0 Å². The first-order valence-corrected chi connectivity index (χ1v) is 8.98. The van der Waals surface area contributed by atoms with E-state index in [0.717, 1.165) is 31.5 Å². The number of rotatable bonds is 6. The number of carbonyl (C=O) groups is 2. The van der Waals surface area contributed by atoms with Gasteiger partial charge >= 0.3 is 0 Å². The molecule has 8 nitrogen and oxygen atoms in total. The number of carbonyl (C=O) groups excluding carboxylic acids is 2. The molecule has 0 aromatic carbocycles. The molecule has 138 valence electrons. The second-order valence-electron chi connectivity index (χ2n) is 6.47. The van der Waals surface area contributed by atoms with Gasteiger partial charge in [0.05, 0.1) is 36.4 Å². The number of amides is 2. The molecule has 1 aliphatic rings. The number of nitrogens with zero attached hydrogens (tertiary/aromatic N) is 5. The van der Waals surface area contributed by atoms with Crippen LogP contribution in [0.15, 0.2) is 24.7 Å². The Balaban J connectivity index is 1.76. The molecule has 3 rings (SSSR count). The lowest BCUT2D eigenvalue weighted by Crippen LogP contribution is -2.31. The molecule has 3 heterocycles. The maximum atomic E-state index is 12.9. The molecule has 2 aromatic heterocycles. The molecule has 0 bridgehead atoms. The topological polar surface area (TPSA) is 93.0 Å². The summed E-state index contributed by atoms with van der Waals surface area (Å²) in [7, 11) is 0. The maximum Gasteiger partial charge on any atom is 0.274 e. The molecular weight excluding hydrogens is 332 g/mol. The van der Waals surface area contributed by atoms with Crippen molar-refractivity contribution in [2.75, 3.05) is 6.54 Å². The van der Waals surface area contributed by atoms with Crippen molar-refractivity contribution in [2.45, 2.75) is 52.2 Å². The number of nitrogens with one attached hydrogen (secondary N) is 1. The minimum absolute atomic E-state index is 0.0728. The molecule has 1 N–H and O–H groups in total. The van der Waals surface area contributed by atoms with Gasteiger partial charge in [-0.25, -0.2) is 0 Å². The van der Waals surface area contributed by atoms with Crippen LogP contribution in [0, 0.1) is 0 Å². The van der Waals surface area contributed by atoms with E-state index in [1.54, 1.807) is 23.1 Å². The van der Waals surface area contributed by atoms with Gasteiger partial charge in [-0.3, -0.25) is 24.2 Å². The van der Waals surface area contributed by atoms with Crippen LogP contribution < -0.4 is 5.32 Å². The van der Waals surface area contributed by atoms with Crippen LogP contribution >= 0.6 is 0 Å². The average molecular weight is 356 g/mol. The van der Waals surface area contributed by atoms with Crippen molar-refractivity contribution in [1.29, 1.82) is 0 Å². The van der Waals surface area contributed by atoms with Gasteiger partial charge in [0.2, 0.25) is 5.91 Å². The average Bonchev–Trinajstić information content (AvgIpc) is 3.29. The first-order chi connectivity index (χ1) is 12.6. The third-order valence-corrected chi connectivity index (χ3v) is 4.39. The lowest BCUT2D eigenvalue weighted by Gasteiger charge is -2.23. The Morgan fingerprint density at radius 1 is 1.35 bits per heavy atom. The molecule has 1 fully saturated rings. The predicted molar refractivity (Wildman–Crippen MR) is 95.1 cm³/mol. The van der Waals surface area contributed by atoms with Crippen LogP contribution in [0.5, 0.6) is 0 Å². The zero-order chi connectivity index (χ0) is 18.5. The quantitative estimate of drug-likeness (QED) is 0.850. The molecule has 0 radical (unpaired) electrons. The molecule has 8 heteroatoms. The number of aryl methyl sites for hydroxylation is 1. The predicted octanol–water partition coefficient (Wildman–Crippen LogP) is 1.70. The fraction of sp³-hybridized carbons (Fsp3) is 0.500. The van der Waals surface area contributed by atoms with E-state index in [4.69, 9.17) is 0 Å². The molecule has 0 aliphatic carbocycles. The van der Waals surface area contributed by atoms with Gasteiger partial charge in [0.15, 0.2) is 0 Å². The highest BCUT2D eigenvalue weighted by Gasteiger charge is 2.32. The number of hydrogen-bond acceptors (Lipinski definition) is 5. The summed E-state index contributed by atoms with van der Waals surface area (Å²) in [6, 6.07) is 1.66. The highest BCUT2D eigenvalue weighted by molar-refractivity contribution is 5.92. The van der Waals surface area contributed by atoms with Crippen LogP contribution in [-0.2, 0) is 17.9 Å². The van der Waals surface area contributed by atoms with Gasteiger partial charge in [0, 0.05) is 26.2 Å². The van der Waals surface area contributed by atoms with Gasteiger partial charge in [-0.05, 0) is 25.3 Å². The second kappa shape index (κ2) is 8.07. The summed E-state index contributed by atoms with van der Waals surface area (Å²) in [4.78, 5) is 34.6. The molecule has 1 saturated heterocycles. The van der Waals surface area contributed by atoms with Gasteiger partial charge in [-0.15, -0.1) is 0 Å². The first-order valence-electron chi connectivity index (χ1n) is 8.98. The van der Waals surface area contributed by atoms with Crippen LogP contribution in [0.3, 0.4) is 0 Å². The Morgan fingerprint density at radius 2 is 2.19 bits per heavy atom. The fourth-order valence-corrected chi connectivity index (χ4v) is 3.18. The highest BCUT2D eigenvalue weighted by Crippen LogP contribution is 2.31. The molecule has 2 aromatic rings. The number of hydrogen-bond donors (Lipinski definition) is 1. The van der Waals surface area contributed by atoms with E-state index in [-0.39, 0.29) is 17.9 Å². The van der Waals surface area contributed by atoms with Crippen molar-refractivity contribution < 1.29 is 9.59 Å². The second-order valence-corrected chi connectivity index (χ2v) is 6.47. The Morgan fingerprint density at radius 3 is 2.96 bits per heavy atom. The van der Waals surface area contributed by atoms with E-state index in [1.807, 2.05) is 11.1 Å². The standard InChI is InChI=1S/C18H24N6O2/c1-3-7-23-9-6-15(22-23)18(26)24-8-4-5-17(24)16-12-19-10-14(21-16)11-20-13(2)25/h6,9-10,12,17H,3-5,7-8,11H2,1-2H3,(H,20,25)/t17-/m1/s1. The van der Waals surface area contributed by atoms with Gasteiger partial charge in [0.25, 0.3) is 5.91 Å². The normalized spacial score (nSPS) is 16.7. The van der Waals surface area contributed by atoms with Crippen molar-refractivity contribution in [3.8, 4) is 0 Å². The lowest BCUT2D eigenvalue weighted by atomic mass is 10.1. The van der Waals surface area contributed by atoms with Gasteiger partial charge < -0.3 is 10.2 Å². The van der Waals surface area contributed by atoms with E-state index >= 15 is 0 Å². The SMILES string of the molecule is CCCn1ccc(C(=O)N2CCC[C@@H]2c2cncc(CNC(C)=O)n2)n1. The van der Waals surface area contributed by atoms with Gasteiger partial charge in [-0.1, -0.05) is 6.92 Å². The molecule has 0 unspecified atom stereocenters. The zero-order valence-corrected chi connectivity index (χ0v) is 15.2. The first kappa shape index (κ1) is 18.0. The molecular formula is C18H24N6O2. The summed E-state index contributed by atoms with van der Waals surface area (Å²) < 4.78 is 1.80. The summed E-state index contributed by atoms with van der Waals surface area (Å²) in [5, 5.41) is 7.10. The summed E-state index contributed by atoms with van der Waals surface area (Å²) in [5.74, 6) is -0.186. The summed E-state index contributed by atoms with van der Waals surface area (Å²) in [6.45, 7) is 5.35.